The van der Waals surface area contributed by atoms with E-state index in [0.717, 1.165) is 18.5 Å². The second-order valence-corrected chi connectivity index (χ2v) is 6.03. The summed E-state index contributed by atoms with van der Waals surface area (Å²) in [6.45, 7) is 7.80. The molecule has 1 fully saturated rings. The van der Waals surface area contributed by atoms with Gasteiger partial charge in [0.25, 0.3) is 5.91 Å². The van der Waals surface area contributed by atoms with Crippen LogP contribution >= 0.6 is 0 Å². The molecule has 2 unspecified atom stereocenters. The van der Waals surface area contributed by atoms with E-state index in [0.29, 0.717) is 0 Å². The smallest absolute Gasteiger partial charge is 0.250 e. The fraction of sp³-hybridized carbons (Fsp3) is 0.529. The van der Waals surface area contributed by atoms with Crippen molar-refractivity contribution in [3.63, 3.8) is 0 Å². The molecule has 2 amide bonds. The Balaban J connectivity index is 2.30. The summed E-state index contributed by atoms with van der Waals surface area (Å²) in [5.41, 5.74) is 2.05. The van der Waals surface area contributed by atoms with Gasteiger partial charge in [0.2, 0.25) is 5.91 Å². The number of aryl methyl sites for hydroxylation is 1. The van der Waals surface area contributed by atoms with Gasteiger partial charge in [0.15, 0.2) is 0 Å². The van der Waals surface area contributed by atoms with Crippen LogP contribution in [0, 0.1) is 5.92 Å². The van der Waals surface area contributed by atoms with Crippen LogP contribution in [0.5, 0.6) is 0 Å². The number of nitrogens with one attached hydrogen (secondary N) is 1. The van der Waals surface area contributed by atoms with E-state index < -0.39 is 12.1 Å². The number of piperazine rings is 1. The van der Waals surface area contributed by atoms with Gasteiger partial charge in [0.05, 0.1) is 0 Å². The minimum absolute atomic E-state index is 0.0275. The van der Waals surface area contributed by atoms with Crippen LogP contribution in [0.3, 0.4) is 0 Å². The largest absolute Gasteiger partial charge is 0.342 e. The van der Waals surface area contributed by atoms with Gasteiger partial charge in [-0.1, -0.05) is 39.3 Å². The van der Waals surface area contributed by atoms with E-state index in [2.05, 4.69) is 12.2 Å². The van der Waals surface area contributed by atoms with Gasteiger partial charge in [-0.25, -0.2) is 0 Å². The number of hydrogen-bond acceptors (Lipinski definition) is 2. The van der Waals surface area contributed by atoms with Gasteiger partial charge >= 0.3 is 0 Å². The molecule has 2 atom stereocenters. The fourth-order valence-electron chi connectivity index (χ4n) is 2.71. The van der Waals surface area contributed by atoms with Crippen LogP contribution in [-0.4, -0.2) is 23.9 Å². The molecule has 1 aliphatic rings. The van der Waals surface area contributed by atoms with Crippen molar-refractivity contribution in [3.8, 4) is 0 Å². The third-order valence-corrected chi connectivity index (χ3v) is 3.99. The van der Waals surface area contributed by atoms with Crippen molar-refractivity contribution in [3.05, 3.63) is 29.8 Å². The summed E-state index contributed by atoms with van der Waals surface area (Å²) in [7, 11) is 0. The van der Waals surface area contributed by atoms with Crippen LogP contribution in [0.4, 0.5) is 5.69 Å². The Morgan fingerprint density at radius 3 is 2.33 bits per heavy atom. The zero-order chi connectivity index (χ0) is 15.6. The number of anilines is 1. The molecule has 4 heteroatoms. The minimum Gasteiger partial charge on any atom is -0.342 e. The Morgan fingerprint density at radius 2 is 1.81 bits per heavy atom. The Kier molecular flexibility index (Phi) is 4.66. The predicted molar refractivity (Wildman–Crippen MR) is 84.2 cm³/mol. The second kappa shape index (κ2) is 6.29. The SMILES string of the molecule is CCCc1ccc(N2C(=O)C(C(C)C)NC(=O)C2C)cc1. The fourth-order valence-corrected chi connectivity index (χ4v) is 2.71. The van der Waals surface area contributed by atoms with Crippen molar-refractivity contribution >= 4 is 17.5 Å². The molecule has 0 spiro atoms. The molecule has 0 aliphatic carbocycles. The number of hydrogen-bond donors (Lipinski definition) is 1. The molecular weight excluding hydrogens is 264 g/mol. The molecule has 0 radical (unpaired) electrons. The summed E-state index contributed by atoms with van der Waals surface area (Å²) in [5, 5.41) is 2.82. The van der Waals surface area contributed by atoms with E-state index in [9.17, 15) is 9.59 Å². The molecule has 4 nitrogen and oxygen atoms in total. The summed E-state index contributed by atoms with van der Waals surface area (Å²) >= 11 is 0. The average Bonchev–Trinajstić information content (AvgIpc) is 2.45. The molecule has 1 heterocycles. The van der Waals surface area contributed by atoms with Crippen molar-refractivity contribution < 1.29 is 9.59 Å². The maximum absolute atomic E-state index is 12.6. The lowest BCUT2D eigenvalue weighted by atomic mass is 9.97. The second-order valence-electron chi connectivity index (χ2n) is 6.03. The van der Waals surface area contributed by atoms with Crippen molar-refractivity contribution in [1.82, 2.24) is 5.32 Å². The first-order chi connectivity index (χ1) is 9.95. The number of benzene rings is 1. The van der Waals surface area contributed by atoms with E-state index in [-0.39, 0.29) is 17.7 Å². The lowest BCUT2D eigenvalue weighted by molar-refractivity contribution is -0.134. The molecular formula is C17H24N2O2. The van der Waals surface area contributed by atoms with Gasteiger partial charge in [0.1, 0.15) is 12.1 Å². The first-order valence-electron chi connectivity index (χ1n) is 7.68. The third-order valence-electron chi connectivity index (χ3n) is 3.99. The minimum atomic E-state index is -0.468. The molecule has 0 bridgehead atoms. The van der Waals surface area contributed by atoms with Crippen LogP contribution in [-0.2, 0) is 16.0 Å². The van der Waals surface area contributed by atoms with E-state index >= 15 is 0 Å². The summed E-state index contributed by atoms with van der Waals surface area (Å²) in [5.74, 6) is -0.0397. The molecule has 0 saturated carbocycles. The average molecular weight is 288 g/mol. The van der Waals surface area contributed by atoms with Crippen molar-refractivity contribution in [2.75, 3.05) is 4.90 Å². The van der Waals surface area contributed by atoms with Crippen LogP contribution < -0.4 is 10.2 Å². The van der Waals surface area contributed by atoms with Crippen LogP contribution in [0.1, 0.15) is 39.7 Å². The Labute approximate surface area is 126 Å². The zero-order valence-electron chi connectivity index (χ0n) is 13.2. The highest BCUT2D eigenvalue weighted by atomic mass is 16.2. The monoisotopic (exact) mass is 288 g/mol. The quantitative estimate of drug-likeness (QED) is 0.925. The lowest BCUT2D eigenvalue weighted by Gasteiger charge is -2.38. The van der Waals surface area contributed by atoms with Gasteiger partial charge in [-0.3, -0.25) is 14.5 Å². The molecule has 1 aromatic rings. The number of rotatable bonds is 4. The maximum Gasteiger partial charge on any atom is 0.250 e. The zero-order valence-corrected chi connectivity index (χ0v) is 13.2. The van der Waals surface area contributed by atoms with Crippen molar-refractivity contribution in [1.29, 1.82) is 0 Å². The highest BCUT2D eigenvalue weighted by molar-refractivity contribution is 6.08. The molecule has 1 N–H and O–H groups in total. The maximum atomic E-state index is 12.6. The Morgan fingerprint density at radius 1 is 1.19 bits per heavy atom. The Bertz CT molecular complexity index is 522. The summed E-state index contributed by atoms with van der Waals surface area (Å²) in [6, 6.07) is 7.05. The summed E-state index contributed by atoms with van der Waals surface area (Å²) in [4.78, 5) is 26.4. The van der Waals surface area contributed by atoms with Crippen molar-refractivity contribution in [2.24, 2.45) is 5.92 Å². The molecule has 21 heavy (non-hydrogen) atoms. The normalized spacial score (nSPS) is 22.6. The molecule has 1 saturated heterocycles. The van der Waals surface area contributed by atoms with E-state index in [1.807, 2.05) is 38.1 Å². The predicted octanol–water partition coefficient (Wildman–Crippen LogP) is 2.52. The highest BCUT2D eigenvalue weighted by Crippen LogP contribution is 2.24. The Hall–Kier alpha value is -1.84. The van der Waals surface area contributed by atoms with Gasteiger partial charge in [-0.2, -0.15) is 0 Å². The van der Waals surface area contributed by atoms with E-state index in [1.54, 1.807) is 11.8 Å². The van der Waals surface area contributed by atoms with Gasteiger partial charge in [-0.15, -0.1) is 0 Å². The molecule has 1 aliphatic heterocycles. The van der Waals surface area contributed by atoms with Gasteiger partial charge in [-0.05, 0) is 37.0 Å². The molecule has 2 rings (SSSR count). The number of nitrogens with zero attached hydrogens (tertiary/aromatic N) is 1. The van der Waals surface area contributed by atoms with Gasteiger partial charge < -0.3 is 5.32 Å². The number of carbonyl (C=O) groups is 2. The molecule has 114 valence electrons. The molecule has 1 aromatic carbocycles. The van der Waals surface area contributed by atoms with Gasteiger partial charge in [0, 0.05) is 5.69 Å². The molecule has 0 aromatic heterocycles. The lowest BCUT2D eigenvalue weighted by Crippen LogP contribution is -2.64. The topological polar surface area (TPSA) is 49.4 Å². The standard InChI is InChI=1S/C17H24N2O2/c1-5-6-13-7-9-14(10-8-13)19-12(4)16(20)18-15(11(2)3)17(19)21/h7-12,15H,5-6H2,1-4H3,(H,18,20). The summed E-state index contributed by atoms with van der Waals surface area (Å²) < 4.78 is 0. The van der Waals surface area contributed by atoms with Crippen LogP contribution in [0.2, 0.25) is 0 Å². The van der Waals surface area contributed by atoms with Crippen LogP contribution in [0.25, 0.3) is 0 Å². The highest BCUT2D eigenvalue weighted by Gasteiger charge is 2.40. The van der Waals surface area contributed by atoms with E-state index in [4.69, 9.17) is 0 Å². The third kappa shape index (κ3) is 3.09. The number of amides is 2. The van der Waals surface area contributed by atoms with Crippen molar-refractivity contribution in [2.45, 2.75) is 52.6 Å². The van der Waals surface area contributed by atoms with E-state index in [1.165, 1.54) is 5.56 Å². The van der Waals surface area contributed by atoms with Crippen LogP contribution in [0.15, 0.2) is 24.3 Å². The first kappa shape index (κ1) is 15.5. The number of carbonyl (C=O) groups excluding carboxylic acids is 2. The summed E-state index contributed by atoms with van der Waals surface area (Å²) in [6.07, 6.45) is 2.12. The first-order valence-corrected chi connectivity index (χ1v) is 7.68.